The van der Waals surface area contributed by atoms with Gasteiger partial charge in [-0.05, 0) is 45.3 Å². The lowest BCUT2D eigenvalue weighted by atomic mass is 10.2. The van der Waals surface area contributed by atoms with Crippen LogP contribution in [-0.2, 0) is 9.53 Å². The van der Waals surface area contributed by atoms with E-state index >= 15 is 0 Å². The molecule has 116 valence electrons. The van der Waals surface area contributed by atoms with Crippen LogP contribution in [0.4, 0.5) is 5.69 Å². The molecule has 1 rings (SSSR count). The van der Waals surface area contributed by atoms with E-state index in [9.17, 15) is 9.59 Å². The van der Waals surface area contributed by atoms with Crippen molar-refractivity contribution >= 4 is 17.6 Å². The molecular formula is C15H23N3O3. The second-order valence-corrected chi connectivity index (χ2v) is 4.80. The first-order valence-electron chi connectivity index (χ1n) is 6.95. The topological polar surface area (TPSA) is 70.7 Å². The van der Waals surface area contributed by atoms with Crippen LogP contribution in [0.15, 0.2) is 24.3 Å². The second kappa shape index (κ2) is 8.97. The zero-order valence-corrected chi connectivity index (χ0v) is 12.8. The predicted octanol–water partition coefficient (Wildman–Crippen LogP) is 0.953. The summed E-state index contributed by atoms with van der Waals surface area (Å²) in [7, 11) is 3.91. The molecule has 0 aliphatic carbocycles. The lowest BCUT2D eigenvalue weighted by molar-refractivity contribution is -0.119. The molecule has 6 nitrogen and oxygen atoms in total. The number of hydrogen-bond acceptors (Lipinski definition) is 5. The maximum Gasteiger partial charge on any atom is 0.338 e. The number of anilines is 1. The minimum Gasteiger partial charge on any atom is -0.462 e. The van der Waals surface area contributed by atoms with Crippen molar-refractivity contribution in [3.8, 4) is 0 Å². The summed E-state index contributed by atoms with van der Waals surface area (Å²) in [6, 6.07) is 6.84. The smallest absolute Gasteiger partial charge is 0.338 e. The van der Waals surface area contributed by atoms with Gasteiger partial charge in [0.1, 0.15) is 0 Å². The molecule has 1 amide bonds. The van der Waals surface area contributed by atoms with E-state index < -0.39 is 0 Å². The van der Waals surface area contributed by atoms with Crippen LogP contribution in [-0.4, -0.2) is 57.1 Å². The molecule has 0 aliphatic rings. The molecule has 0 unspecified atom stereocenters. The maximum atomic E-state index is 11.6. The van der Waals surface area contributed by atoms with Crippen LogP contribution in [0.2, 0.25) is 0 Å². The Labute approximate surface area is 125 Å². The van der Waals surface area contributed by atoms with E-state index in [0.717, 1.165) is 12.2 Å². The van der Waals surface area contributed by atoms with E-state index in [-0.39, 0.29) is 18.4 Å². The Hall–Kier alpha value is -2.08. The lowest BCUT2D eigenvalue weighted by Crippen LogP contribution is -2.35. The van der Waals surface area contributed by atoms with Gasteiger partial charge in [0, 0.05) is 18.8 Å². The number of carbonyl (C=O) groups is 2. The summed E-state index contributed by atoms with van der Waals surface area (Å²) in [5.74, 6) is -0.406. The average molecular weight is 293 g/mol. The molecule has 1 aromatic carbocycles. The quantitative estimate of drug-likeness (QED) is 0.698. The molecule has 2 N–H and O–H groups in total. The van der Waals surface area contributed by atoms with Gasteiger partial charge in [0.05, 0.1) is 18.7 Å². The summed E-state index contributed by atoms with van der Waals surface area (Å²) in [5.41, 5.74) is 1.28. The molecule has 1 aromatic rings. The van der Waals surface area contributed by atoms with E-state index in [1.807, 2.05) is 19.0 Å². The normalized spacial score (nSPS) is 10.3. The fourth-order valence-corrected chi connectivity index (χ4v) is 1.60. The van der Waals surface area contributed by atoms with E-state index in [1.165, 1.54) is 0 Å². The molecule has 0 spiro atoms. The largest absolute Gasteiger partial charge is 0.462 e. The highest BCUT2D eigenvalue weighted by molar-refractivity contribution is 5.90. The van der Waals surface area contributed by atoms with E-state index in [1.54, 1.807) is 31.2 Å². The molecule has 21 heavy (non-hydrogen) atoms. The molecule has 0 saturated carbocycles. The van der Waals surface area contributed by atoms with Gasteiger partial charge in [-0.25, -0.2) is 4.79 Å². The van der Waals surface area contributed by atoms with Crippen molar-refractivity contribution < 1.29 is 14.3 Å². The van der Waals surface area contributed by atoms with Crippen LogP contribution in [0.3, 0.4) is 0 Å². The first kappa shape index (κ1) is 17.0. The molecule has 0 heterocycles. The number of amides is 1. The monoisotopic (exact) mass is 293 g/mol. The van der Waals surface area contributed by atoms with Crippen LogP contribution >= 0.6 is 0 Å². The number of esters is 1. The molecule has 0 fully saturated rings. The fraction of sp³-hybridized carbons (Fsp3) is 0.467. The number of benzene rings is 1. The minimum atomic E-state index is -0.342. The number of ether oxygens (including phenoxy) is 1. The van der Waals surface area contributed by atoms with E-state index in [4.69, 9.17) is 4.74 Å². The van der Waals surface area contributed by atoms with Gasteiger partial charge in [-0.1, -0.05) is 0 Å². The van der Waals surface area contributed by atoms with Crippen molar-refractivity contribution in [1.29, 1.82) is 0 Å². The molecule has 6 heteroatoms. The Bertz CT molecular complexity index is 458. The molecule has 0 radical (unpaired) electrons. The van der Waals surface area contributed by atoms with Gasteiger partial charge in [-0.3, -0.25) is 4.79 Å². The van der Waals surface area contributed by atoms with Crippen LogP contribution in [0, 0.1) is 0 Å². The zero-order chi connectivity index (χ0) is 15.7. The lowest BCUT2D eigenvalue weighted by Gasteiger charge is -2.11. The van der Waals surface area contributed by atoms with Gasteiger partial charge in [0.2, 0.25) is 5.91 Å². The molecule has 0 aliphatic heterocycles. The molecule has 0 saturated heterocycles. The van der Waals surface area contributed by atoms with Crippen LogP contribution < -0.4 is 10.6 Å². The van der Waals surface area contributed by atoms with Gasteiger partial charge in [0.25, 0.3) is 0 Å². The Balaban J connectivity index is 2.35. The standard InChI is InChI=1S/C15H23N3O3/c1-4-21-15(20)12-5-7-13(8-6-12)17-11-14(19)16-9-10-18(2)3/h5-8,17H,4,9-11H2,1-3H3,(H,16,19). The first-order valence-corrected chi connectivity index (χ1v) is 6.95. The number of nitrogens with zero attached hydrogens (tertiary/aromatic N) is 1. The average Bonchev–Trinajstić information content (AvgIpc) is 2.45. The minimum absolute atomic E-state index is 0.0636. The van der Waals surface area contributed by atoms with Crippen molar-refractivity contribution in [2.24, 2.45) is 0 Å². The van der Waals surface area contributed by atoms with Crippen molar-refractivity contribution in [1.82, 2.24) is 10.2 Å². The second-order valence-electron chi connectivity index (χ2n) is 4.80. The first-order chi connectivity index (χ1) is 10.0. The summed E-state index contributed by atoms with van der Waals surface area (Å²) in [6.45, 7) is 3.75. The van der Waals surface area contributed by atoms with Crippen molar-refractivity contribution in [2.45, 2.75) is 6.92 Å². The highest BCUT2D eigenvalue weighted by Crippen LogP contribution is 2.10. The SMILES string of the molecule is CCOC(=O)c1ccc(NCC(=O)NCCN(C)C)cc1. The Morgan fingerprint density at radius 1 is 1.19 bits per heavy atom. The Morgan fingerprint density at radius 3 is 2.43 bits per heavy atom. The van der Waals surface area contributed by atoms with Gasteiger partial charge in [0.15, 0.2) is 0 Å². The van der Waals surface area contributed by atoms with E-state index in [2.05, 4.69) is 10.6 Å². The molecule has 0 atom stereocenters. The van der Waals surface area contributed by atoms with Crippen LogP contribution in [0.1, 0.15) is 17.3 Å². The number of nitrogens with one attached hydrogen (secondary N) is 2. The number of hydrogen-bond donors (Lipinski definition) is 2. The summed E-state index contributed by atoms with van der Waals surface area (Å²) in [6.07, 6.45) is 0. The maximum absolute atomic E-state index is 11.6. The van der Waals surface area contributed by atoms with Gasteiger partial charge in [-0.2, -0.15) is 0 Å². The highest BCUT2D eigenvalue weighted by atomic mass is 16.5. The Morgan fingerprint density at radius 2 is 1.86 bits per heavy atom. The zero-order valence-electron chi connectivity index (χ0n) is 12.8. The number of rotatable bonds is 8. The van der Waals surface area contributed by atoms with Crippen molar-refractivity contribution in [2.75, 3.05) is 45.7 Å². The van der Waals surface area contributed by atoms with Gasteiger partial charge in [-0.15, -0.1) is 0 Å². The predicted molar refractivity (Wildman–Crippen MR) is 82.5 cm³/mol. The third kappa shape index (κ3) is 6.76. The third-order valence-corrected chi connectivity index (χ3v) is 2.73. The van der Waals surface area contributed by atoms with Gasteiger partial charge < -0.3 is 20.3 Å². The fourth-order valence-electron chi connectivity index (χ4n) is 1.60. The van der Waals surface area contributed by atoms with Crippen LogP contribution in [0.5, 0.6) is 0 Å². The summed E-state index contributed by atoms with van der Waals surface area (Å²) in [5, 5.41) is 5.82. The highest BCUT2D eigenvalue weighted by Gasteiger charge is 2.06. The summed E-state index contributed by atoms with van der Waals surface area (Å²) < 4.78 is 4.90. The number of likely N-dealkylation sites (N-methyl/N-ethyl adjacent to an activating group) is 1. The summed E-state index contributed by atoms with van der Waals surface area (Å²) >= 11 is 0. The third-order valence-electron chi connectivity index (χ3n) is 2.73. The summed E-state index contributed by atoms with van der Waals surface area (Å²) in [4.78, 5) is 25.1. The number of carbonyl (C=O) groups excluding carboxylic acids is 2. The van der Waals surface area contributed by atoms with Crippen molar-refractivity contribution in [3.63, 3.8) is 0 Å². The van der Waals surface area contributed by atoms with Crippen LogP contribution in [0.25, 0.3) is 0 Å². The Kier molecular flexibility index (Phi) is 7.25. The van der Waals surface area contributed by atoms with E-state index in [0.29, 0.717) is 18.7 Å². The van der Waals surface area contributed by atoms with Crippen molar-refractivity contribution in [3.05, 3.63) is 29.8 Å². The molecular weight excluding hydrogens is 270 g/mol. The molecule has 0 bridgehead atoms. The molecule has 0 aromatic heterocycles. The van der Waals surface area contributed by atoms with Gasteiger partial charge >= 0.3 is 5.97 Å².